The second-order valence-corrected chi connectivity index (χ2v) is 6.15. The van der Waals surface area contributed by atoms with E-state index in [2.05, 4.69) is 6.92 Å². The van der Waals surface area contributed by atoms with E-state index in [1.807, 2.05) is 0 Å². The second kappa shape index (κ2) is 13.8. The smallest absolute Gasteiger partial charge is 0.106 e. The molecule has 20 heavy (non-hydrogen) atoms. The lowest BCUT2D eigenvalue weighted by Gasteiger charge is -2.11. The van der Waals surface area contributed by atoms with Crippen LogP contribution in [-0.4, -0.2) is 26.4 Å². The first-order valence-electron chi connectivity index (χ1n) is 8.72. The lowest BCUT2D eigenvalue weighted by molar-refractivity contribution is -0.299. The van der Waals surface area contributed by atoms with Crippen molar-refractivity contribution in [1.82, 2.24) is 0 Å². The maximum Gasteiger partial charge on any atom is 0.106 e. The van der Waals surface area contributed by atoms with Gasteiger partial charge in [0.25, 0.3) is 0 Å². The molecule has 0 aromatic carbocycles. The zero-order valence-electron chi connectivity index (χ0n) is 13.4. The average Bonchev–Trinajstić information content (AvgIpc) is 2.45. The molecular weight excluding hydrogens is 252 g/mol. The van der Waals surface area contributed by atoms with Crippen LogP contribution < -0.4 is 0 Å². The number of rotatable bonds is 0. The number of hydrogen-bond acceptors (Lipinski definition) is 3. The van der Waals surface area contributed by atoms with Crippen LogP contribution in [-0.2, 0) is 14.5 Å². The molecule has 1 saturated heterocycles. The molecule has 0 amide bonds. The predicted molar refractivity (Wildman–Crippen MR) is 82.7 cm³/mol. The minimum atomic E-state index is 0.548. The highest BCUT2D eigenvalue weighted by Gasteiger charge is 2.03. The maximum atomic E-state index is 5.61. The third-order valence-corrected chi connectivity index (χ3v) is 3.97. The van der Waals surface area contributed by atoms with Gasteiger partial charge in [-0.05, 0) is 18.8 Å². The minimum absolute atomic E-state index is 0.548. The van der Waals surface area contributed by atoms with Gasteiger partial charge >= 0.3 is 0 Å². The molecule has 0 saturated carbocycles. The van der Waals surface area contributed by atoms with Crippen LogP contribution in [0.3, 0.4) is 0 Å². The lowest BCUT2D eigenvalue weighted by Crippen LogP contribution is -2.11. The van der Waals surface area contributed by atoms with Crippen molar-refractivity contribution in [3.8, 4) is 0 Å². The molecule has 0 radical (unpaired) electrons. The van der Waals surface area contributed by atoms with E-state index in [-0.39, 0.29) is 0 Å². The Morgan fingerprint density at radius 2 is 1.15 bits per heavy atom. The SMILES string of the molecule is CC1CCCCCCCCCCCCOOCCOC1. The minimum Gasteiger partial charge on any atom is -0.379 e. The Morgan fingerprint density at radius 3 is 1.85 bits per heavy atom. The van der Waals surface area contributed by atoms with E-state index < -0.39 is 0 Å². The fourth-order valence-electron chi connectivity index (χ4n) is 2.65. The van der Waals surface area contributed by atoms with Gasteiger partial charge in [0.1, 0.15) is 6.61 Å². The summed E-state index contributed by atoms with van der Waals surface area (Å²) < 4.78 is 5.61. The molecule has 1 atom stereocenters. The van der Waals surface area contributed by atoms with Crippen molar-refractivity contribution in [2.24, 2.45) is 5.92 Å². The first-order valence-corrected chi connectivity index (χ1v) is 8.72. The zero-order valence-corrected chi connectivity index (χ0v) is 13.4. The lowest BCUT2D eigenvalue weighted by atomic mass is 10.0. The zero-order chi connectivity index (χ0) is 14.3. The third kappa shape index (κ3) is 11.7. The van der Waals surface area contributed by atoms with Crippen LogP contribution in [0.15, 0.2) is 0 Å². The van der Waals surface area contributed by atoms with Gasteiger partial charge in [0.2, 0.25) is 0 Å². The van der Waals surface area contributed by atoms with Gasteiger partial charge in [-0.15, -0.1) is 0 Å². The van der Waals surface area contributed by atoms with E-state index in [1.165, 1.54) is 64.2 Å². The van der Waals surface area contributed by atoms with Crippen molar-refractivity contribution in [2.75, 3.05) is 26.4 Å². The largest absolute Gasteiger partial charge is 0.379 e. The summed E-state index contributed by atoms with van der Waals surface area (Å²) in [6.07, 6.45) is 14.8. The van der Waals surface area contributed by atoms with Gasteiger partial charge in [0.05, 0.1) is 13.2 Å². The van der Waals surface area contributed by atoms with Gasteiger partial charge in [-0.2, -0.15) is 0 Å². The van der Waals surface area contributed by atoms with Crippen molar-refractivity contribution < 1.29 is 14.5 Å². The van der Waals surface area contributed by atoms with Crippen LogP contribution in [0, 0.1) is 5.92 Å². The molecule has 0 spiro atoms. The summed E-state index contributed by atoms with van der Waals surface area (Å²) in [7, 11) is 0. The van der Waals surface area contributed by atoms with Crippen LogP contribution in [0.5, 0.6) is 0 Å². The summed E-state index contributed by atoms with van der Waals surface area (Å²) in [5, 5.41) is 0. The highest BCUT2D eigenvalue weighted by molar-refractivity contribution is 4.53. The summed E-state index contributed by atoms with van der Waals surface area (Å²) in [5.74, 6) is 0.665. The Hall–Kier alpha value is -0.120. The molecule has 3 heteroatoms. The number of hydrogen-bond donors (Lipinski definition) is 0. The molecule has 1 aliphatic rings. The van der Waals surface area contributed by atoms with Crippen molar-refractivity contribution in [3.05, 3.63) is 0 Å². The van der Waals surface area contributed by atoms with Gasteiger partial charge in [-0.1, -0.05) is 64.7 Å². The first-order chi connectivity index (χ1) is 9.89. The van der Waals surface area contributed by atoms with E-state index in [0.717, 1.165) is 19.6 Å². The predicted octanol–water partition coefficient (Wildman–Crippen LogP) is 4.89. The molecule has 0 aliphatic carbocycles. The maximum absolute atomic E-state index is 5.61. The molecule has 1 rings (SSSR count). The summed E-state index contributed by atoms with van der Waals surface area (Å²) in [6.45, 7) is 5.04. The topological polar surface area (TPSA) is 27.7 Å². The van der Waals surface area contributed by atoms with Crippen LogP contribution in [0.2, 0.25) is 0 Å². The standard InChI is InChI=1S/C17H34O3/c1-17-12-10-8-6-4-2-3-5-7-9-11-13-19-20-15-14-18-16-17/h17H,2-16H2,1H3. The Morgan fingerprint density at radius 1 is 0.600 bits per heavy atom. The monoisotopic (exact) mass is 286 g/mol. The molecule has 120 valence electrons. The van der Waals surface area contributed by atoms with Crippen molar-refractivity contribution in [3.63, 3.8) is 0 Å². The molecule has 0 bridgehead atoms. The second-order valence-electron chi connectivity index (χ2n) is 6.15. The molecule has 0 aromatic rings. The van der Waals surface area contributed by atoms with Gasteiger partial charge < -0.3 is 4.74 Å². The van der Waals surface area contributed by atoms with Crippen LogP contribution in [0.25, 0.3) is 0 Å². The van der Waals surface area contributed by atoms with Crippen molar-refractivity contribution >= 4 is 0 Å². The molecule has 1 fully saturated rings. The molecule has 3 nitrogen and oxygen atoms in total. The van der Waals surface area contributed by atoms with Gasteiger partial charge in [-0.25, -0.2) is 9.78 Å². The Kier molecular flexibility index (Phi) is 12.4. The van der Waals surface area contributed by atoms with Gasteiger partial charge in [0, 0.05) is 6.61 Å². The van der Waals surface area contributed by atoms with Crippen molar-refractivity contribution in [1.29, 1.82) is 0 Å². The van der Waals surface area contributed by atoms with Gasteiger partial charge in [0.15, 0.2) is 0 Å². The summed E-state index contributed by atoms with van der Waals surface area (Å²) in [5.41, 5.74) is 0. The number of ether oxygens (including phenoxy) is 1. The van der Waals surface area contributed by atoms with Crippen molar-refractivity contribution in [2.45, 2.75) is 77.6 Å². The van der Waals surface area contributed by atoms with Crippen LogP contribution in [0.1, 0.15) is 77.6 Å². The molecule has 0 N–H and O–H groups in total. The molecule has 1 heterocycles. The first kappa shape index (κ1) is 17.9. The average molecular weight is 286 g/mol. The highest BCUT2D eigenvalue weighted by Crippen LogP contribution is 2.14. The molecule has 0 aromatic heterocycles. The van der Waals surface area contributed by atoms with Gasteiger partial charge in [-0.3, -0.25) is 0 Å². The molecule has 1 aliphatic heterocycles. The summed E-state index contributed by atoms with van der Waals surface area (Å²) in [4.78, 5) is 10.3. The molecule has 1 unspecified atom stereocenters. The van der Waals surface area contributed by atoms with E-state index in [9.17, 15) is 0 Å². The normalized spacial score (nSPS) is 27.1. The molecular formula is C17H34O3. The Labute approximate surface area is 125 Å². The Balaban J connectivity index is 2.09. The third-order valence-electron chi connectivity index (χ3n) is 3.97. The van der Waals surface area contributed by atoms with E-state index in [1.54, 1.807) is 0 Å². The fraction of sp³-hybridized carbons (Fsp3) is 1.00. The van der Waals surface area contributed by atoms with Crippen LogP contribution in [0.4, 0.5) is 0 Å². The van der Waals surface area contributed by atoms with E-state index in [4.69, 9.17) is 14.5 Å². The van der Waals surface area contributed by atoms with Crippen LogP contribution >= 0.6 is 0 Å². The van der Waals surface area contributed by atoms with E-state index in [0.29, 0.717) is 19.1 Å². The highest BCUT2D eigenvalue weighted by atomic mass is 17.2. The van der Waals surface area contributed by atoms with E-state index >= 15 is 0 Å². The summed E-state index contributed by atoms with van der Waals surface area (Å²) >= 11 is 0. The summed E-state index contributed by atoms with van der Waals surface area (Å²) in [6, 6.07) is 0. The quantitative estimate of drug-likeness (QED) is 0.593. The fourth-order valence-corrected chi connectivity index (χ4v) is 2.65. The Bertz CT molecular complexity index is 177.